The lowest BCUT2D eigenvalue weighted by atomic mass is 10.1. The number of benzene rings is 1. The topological polar surface area (TPSA) is 67.8 Å². The molecule has 0 bridgehead atoms. The smallest absolute Gasteiger partial charge is 0.224 e. The molecule has 3 rings (SSSR count). The summed E-state index contributed by atoms with van der Waals surface area (Å²) >= 11 is 5.98. The summed E-state index contributed by atoms with van der Waals surface area (Å²) in [5.41, 5.74) is 3.06. The third kappa shape index (κ3) is 4.65. The fourth-order valence-corrected chi connectivity index (χ4v) is 2.98. The number of aryl methyl sites for hydroxylation is 1. The molecule has 1 atom stereocenters. The van der Waals surface area contributed by atoms with E-state index in [0.717, 1.165) is 16.8 Å². The van der Waals surface area contributed by atoms with Gasteiger partial charge in [0.15, 0.2) is 5.82 Å². The van der Waals surface area contributed by atoms with E-state index in [-0.39, 0.29) is 23.4 Å². The monoisotopic (exact) mass is 384 g/mol. The second-order valence-electron chi connectivity index (χ2n) is 6.17. The lowest BCUT2D eigenvalue weighted by Gasteiger charge is -2.16. The Morgan fingerprint density at radius 3 is 2.67 bits per heavy atom. The lowest BCUT2D eigenvalue weighted by Crippen LogP contribution is -2.29. The van der Waals surface area contributed by atoms with Crippen LogP contribution < -0.4 is 5.32 Å². The minimum absolute atomic E-state index is 0.0679. The third-order valence-electron chi connectivity index (χ3n) is 4.17. The second-order valence-corrected chi connectivity index (χ2v) is 6.58. The maximum Gasteiger partial charge on any atom is 0.224 e. The summed E-state index contributed by atoms with van der Waals surface area (Å²) in [7, 11) is 0. The van der Waals surface area contributed by atoms with E-state index in [0.29, 0.717) is 11.4 Å². The molecule has 138 valence electrons. The molecular weight excluding hydrogens is 367 g/mol. The number of carbonyl (C=O) groups is 1. The molecule has 1 aromatic carbocycles. The van der Waals surface area contributed by atoms with E-state index in [9.17, 15) is 9.18 Å². The minimum Gasteiger partial charge on any atom is -0.349 e. The van der Waals surface area contributed by atoms with Gasteiger partial charge in [-0.25, -0.2) is 14.4 Å². The van der Waals surface area contributed by atoms with Crippen LogP contribution >= 0.6 is 11.6 Å². The quantitative estimate of drug-likeness (QED) is 0.720. The van der Waals surface area contributed by atoms with E-state index in [2.05, 4.69) is 20.3 Å². The lowest BCUT2D eigenvalue weighted by molar-refractivity contribution is -0.121. The zero-order valence-electron chi connectivity index (χ0n) is 14.9. The maximum atomic E-state index is 13.1. The number of hydrogen-bond acceptors (Lipinski definition) is 4. The van der Waals surface area contributed by atoms with E-state index >= 15 is 0 Å². The van der Waals surface area contributed by atoms with Crippen LogP contribution in [0.3, 0.4) is 0 Å². The molecular formula is C20H18ClFN4O. The summed E-state index contributed by atoms with van der Waals surface area (Å²) in [6, 6.07) is 7.40. The summed E-state index contributed by atoms with van der Waals surface area (Å²) in [4.78, 5) is 25.2. The van der Waals surface area contributed by atoms with Crippen molar-refractivity contribution in [1.29, 1.82) is 0 Å². The number of aromatic nitrogens is 3. The van der Waals surface area contributed by atoms with Gasteiger partial charge in [0.2, 0.25) is 5.91 Å². The minimum atomic E-state index is -0.431. The Morgan fingerprint density at radius 2 is 2.00 bits per heavy atom. The van der Waals surface area contributed by atoms with Crippen molar-refractivity contribution in [2.45, 2.75) is 26.3 Å². The molecule has 27 heavy (non-hydrogen) atoms. The van der Waals surface area contributed by atoms with Gasteiger partial charge in [0.1, 0.15) is 5.82 Å². The van der Waals surface area contributed by atoms with Crippen LogP contribution in [-0.4, -0.2) is 20.9 Å². The SMILES string of the molecule is Cc1nc(-c2ccncc2)ncc1C(C)NC(=O)Cc1ccc(F)cc1Cl. The molecule has 1 amide bonds. The molecule has 1 N–H and O–H groups in total. The Balaban J connectivity index is 1.70. The van der Waals surface area contributed by atoms with E-state index in [1.807, 2.05) is 26.0 Å². The van der Waals surface area contributed by atoms with Crippen molar-refractivity contribution in [1.82, 2.24) is 20.3 Å². The Hall–Kier alpha value is -2.86. The number of amides is 1. The van der Waals surface area contributed by atoms with Crippen molar-refractivity contribution < 1.29 is 9.18 Å². The van der Waals surface area contributed by atoms with Crippen LogP contribution in [0, 0.1) is 12.7 Å². The zero-order chi connectivity index (χ0) is 19.4. The van der Waals surface area contributed by atoms with Crippen LogP contribution in [0.25, 0.3) is 11.4 Å². The highest BCUT2D eigenvalue weighted by atomic mass is 35.5. The molecule has 2 aromatic heterocycles. The zero-order valence-corrected chi connectivity index (χ0v) is 15.7. The van der Waals surface area contributed by atoms with Crippen molar-refractivity contribution in [2.24, 2.45) is 0 Å². The molecule has 2 heterocycles. The van der Waals surface area contributed by atoms with Crippen LogP contribution in [0.15, 0.2) is 48.9 Å². The van der Waals surface area contributed by atoms with E-state index in [1.165, 1.54) is 18.2 Å². The number of carbonyl (C=O) groups excluding carboxylic acids is 1. The molecule has 0 spiro atoms. The number of halogens is 2. The van der Waals surface area contributed by atoms with E-state index < -0.39 is 5.82 Å². The van der Waals surface area contributed by atoms with Gasteiger partial charge in [-0.05, 0) is 43.7 Å². The van der Waals surface area contributed by atoms with Crippen molar-refractivity contribution in [3.63, 3.8) is 0 Å². The van der Waals surface area contributed by atoms with Gasteiger partial charge in [0.25, 0.3) is 0 Å². The summed E-state index contributed by atoms with van der Waals surface area (Å²) in [6.45, 7) is 3.74. The van der Waals surface area contributed by atoms with Gasteiger partial charge in [0, 0.05) is 40.4 Å². The molecule has 3 aromatic rings. The predicted octanol–water partition coefficient (Wildman–Crippen LogP) is 4.06. The standard InChI is InChI=1S/C20H18ClFN4O/c1-12(25-19(27)9-15-3-4-16(22)10-18(15)21)17-11-24-20(26-13(17)2)14-5-7-23-8-6-14/h3-8,10-12H,9H2,1-2H3,(H,25,27). The van der Waals surface area contributed by atoms with E-state index in [4.69, 9.17) is 11.6 Å². The molecule has 0 aliphatic heterocycles. The largest absolute Gasteiger partial charge is 0.349 e. The van der Waals surface area contributed by atoms with Crippen LogP contribution in [0.1, 0.15) is 29.8 Å². The second kappa shape index (κ2) is 8.22. The van der Waals surface area contributed by atoms with Gasteiger partial charge in [-0.3, -0.25) is 9.78 Å². The van der Waals surface area contributed by atoms with Gasteiger partial charge < -0.3 is 5.32 Å². The summed E-state index contributed by atoms with van der Waals surface area (Å²) < 4.78 is 13.1. The van der Waals surface area contributed by atoms with Crippen molar-refractivity contribution in [2.75, 3.05) is 0 Å². The number of pyridine rings is 1. The molecule has 0 aliphatic carbocycles. The van der Waals surface area contributed by atoms with Crippen LogP contribution in [0.5, 0.6) is 0 Å². The van der Waals surface area contributed by atoms with Gasteiger partial charge >= 0.3 is 0 Å². The first-order chi connectivity index (χ1) is 12.9. The molecule has 5 nitrogen and oxygen atoms in total. The number of nitrogens with one attached hydrogen (secondary N) is 1. The molecule has 0 saturated heterocycles. The maximum absolute atomic E-state index is 13.1. The molecule has 0 saturated carbocycles. The Morgan fingerprint density at radius 1 is 1.26 bits per heavy atom. The average molecular weight is 385 g/mol. The van der Waals surface area contributed by atoms with Gasteiger partial charge in [0.05, 0.1) is 12.5 Å². The van der Waals surface area contributed by atoms with E-state index in [1.54, 1.807) is 18.6 Å². The van der Waals surface area contributed by atoms with Gasteiger partial charge in [-0.15, -0.1) is 0 Å². The number of hydrogen-bond donors (Lipinski definition) is 1. The van der Waals surface area contributed by atoms with Crippen LogP contribution in [-0.2, 0) is 11.2 Å². The molecule has 0 fully saturated rings. The molecule has 1 unspecified atom stereocenters. The highest BCUT2D eigenvalue weighted by Crippen LogP contribution is 2.21. The Kier molecular flexibility index (Phi) is 5.76. The van der Waals surface area contributed by atoms with Crippen LogP contribution in [0.2, 0.25) is 5.02 Å². The molecule has 0 aliphatic rings. The number of nitrogens with zero attached hydrogens (tertiary/aromatic N) is 3. The Labute approximate surface area is 161 Å². The average Bonchev–Trinajstić information content (AvgIpc) is 2.64. The summed E-state index contributed by atoms with van der Waals surface area (Å²) in [5.74, 6) is -0.0384. The molecule has 7 heteroatoms. The molecule has 0 radical (unpaired) electrons. The normalized spacial score (nSPS) is 11.9. The highest BCUT2D eigenvalue weighted by molar-refractivity contribution is 6.31. The predicted molar refractivity (Wildman–Crippen MR) is 102 cm³/mol. The summed E-state index contributed by atoms with van der Waals surface area (Å²) in [5, 5.41) is 3.14. The highest BCUT2D eigenvalue weighted by Gasteiger charge is 2.15. The third-order valence-corrected chi connectivity index (χ3v) is 4.52. The van der Waals surface area contributed by atoms with Crippen molar-refractivity contribution >= 4 is 17.5 Å². The summed E-state index contributed by atoms with van der Waals surface area (Å²) in [6.07, 6.45) is 5.16. The number of rotatable bonds is 5. The first kappa shape index (κ1) is 18.9. The van der Waals surface area contributed by atoms with Gasteiger partial charge in [-0.1, -0.05) is 17.7 Å². The van der Waals surface area contributed by atoms with Crippen LogP contribution in [0.4, 0.5) is 4.39 Å². The van der Waals surface area contributed by atoms with Gasteiger partial charge in [-0.2, -0.15) is 0 Å². The fraction of sp³-hybridized carbons (Fsp3) is 0.200. The Bertz CT molecular complexity index is 965. The van der Waals surface area contributed by atoms with Crippen molar-refractivity contribution in [3.8, 4) is 11.4 Å². The first-order valence-corrected chi connectivity index (χ1v) is 8.79. The first-order valence-electron chi connectivity index (χ1n) is 8.41. The van der Waals surface area contributed by atoms with Crippen molar-refractivity contribution in [3.05, 3.63) is 76.6 Å². The fourth-order valence-electron chi connectivity index (χ4n) is 2.75.